The van der Waals surface area contributed by atoms with Gasteiger partial charge in [0, 0.05) is 12.6 Å². The number of carbonyl (C=O) groups is 2. The van der Waals surface area contributed by atoms with E-state index in [1.165, 1.54) is 12.8 Å². The minimum Gasteiger partial charge on any atom is -0.493 e. The summed E-state index contributed by atoms with van der Waals surface area (Å²) in [6.07, 6.45) is 6.99. The van der Waals surface area contributed by atoms with Crippen LogP contribution in [0.2, 0.25) is 0 Å². The van der Waals surface area contributed by atoms with Crippen molar-refractivity contribution in [3.8, 4) is 23.0 Å². The summed E-state index contributed by atoms with van der Waals surface area (Å²) in [6, 6.07) is 10.7. The van der Waals surface area contributed by atoms with E-state index in [2.05, 4.69) is 0 Å². The van der Waals surface area contributed by atoms with Gasteiger partial charge >= 0.3 is 0 Å². The van der Waals surface area contributed by atoms with Crippen LogP contribution in [0.1, 0.15) is 69.5 Å². The molecule has 0 N–H and O–H groups in total. The Bertz CT molecular complexity index is 1140. The van der Waals surface area contributed by atoms with Crippen LogP contribution in [0.3, 0.4) is 0 Å². The molecule has 2 aliphatic rings. The predicted molar refractivity (Wildman–Crippen MR) is 150 cm³/mol. The van der Waals surface area contributed by atoms with Crippen molar-refractivity contribution in [2.75, 3.05) is 34.4 Å². The third kappa shape index (κ3) is 6.60. The second-order valence-corrected chi connectivity index (χ2v) is 10.6. The van der Waals surface area contributed by atoms with Gasteiger partial charge in [0.1, 0.15) is 12.6 Å². The summed E-state index contributed by atoms with van der Waals surface area (Å²) in [4.78, 5) is 31.4. The van der Waals surface area contributed by atoms with Gasteiger partial charge in [-0.05, 0) is 68.5 Å². The summed E-state index contributed by atoms with van der Waals surface area (Å²) in [5.41, 5.74) is 1.73. The molecule has 0 aromatic heterocycles. The lowest BCUT2D eigenvalue weighted by Gasteiger charge is -2.43. The zero-order valence-electron chi connectivity index (χ0n) is 23.9. The Balaban J connectivity index is 1.66. The van der Waals surface area contributed by atoms with Crippen LogP contribution < -0.4 is 18.9 Å². The summed E-state index contributed by atoms with van der Waals surface area (Å²) in [5.74, 6) is 2.39. The summed E-state index contributed by atoms with van der Waals surface area (Å²) in [5, 5.41) is 0. The molecule has 8 nitrogen and oxygen atoms in total. The van der Waals surface area contributed by atoms with Crippen molar-refractivity contribution in [3.05, 3.63) is 47.5 Å². The lowest BCUT2D eigenvalue weighted by atomic mass is 9.96. The highest BCUT2D eigenvalue weighted by molar-refractivity contribution is 5.96. The second-order valence-electron chi connectivity index (χ2n) is 10.6. The molecular formula is C31H42N2O6. The van der Waals surface area contributed by atoms with E-state index in [4.69, 9.17) is 18.9 Å². The van der Waals surface area contributed by atoms with Crippen molar-refractivity contribution >= 4 is 11.8 Å². The van der Waals surface area contributed by atoms with E-state index in [0.717, 1.165) is 36.8 Å². The van der Waals surface area contributed by atoms with Crippen LogP contribution in [-0.2, 0) is 16.0 Å². The van der Waals surface area contributed by atoms with Crippen LogP contribution in [0.4, 0.5) is 0 Å². The maximum absolute atomic E-state index is 14.2. The van der Waals surface area contributed by atoms with Crippen molar-refractivity contribution in [2.45, 2.75) is 77.0 Å². The average molecular weight is 539 g/mol. The molecular weight excluding hydrogens is 496 g/mol. The molecule has 2 aromatic carbocycles. The molecule has 1 saturated carbocycles. The number of piperazine rings is 1. The third-order valence-corrected chi connectivity index (χ3v) is 7.68. The SMILES string of the molecule is COc1ccc(CCN2C(=O)CN(C3CCCCCC3)C(=O)[C@H]2c2ccc(OC(C)C)c(OC)c2)cc1OC. The van der Waals surface area contributed by atoms with Crippen molar-refractivity contribution < 1.29 is 28.5 Å². The summed E-state index contributed by atoms with van der Waals surface area (Å²) in [7, 11) is 4.80. The largest absolute Gasteiger partial charge is 0.493 e. The number of rotatable bonds is 10. The van der Waals surface area contributed by atoms with Crippen LogP contribution in [-0.4, -0.2) is 68.2 Å². The summed E-state index contributed by atoms with van der Waals surface area (Å²) in [6.45, 7) is 4.43. The molecule has 1 aliphatic carbocycles. The molecule has 2 aromatic rings. The van der Waals surface area contributed by atoms with Gasteiger partial charge in [-0.3, -0.25) is 9.59 Å². The number of hydrogen-bond donors (Lipinski definition) is 0. The first-order valence-corrected chi connectivity index (χ1v) is 14.0. The molecule has 0 bridgehead atoms. The lowest BCUT2D eigenvalue weighted by Crippen LogP contribution is -2.58. The molecule has 1 saturated heterocycles. The van der Waals surface area contributed by atoms with Crippen molar-refractivity contribution in [2.24, 2.45) is 0 Å². The number of hydrogen-bond acceptors (Lipinski definition) is 6. The Labute approximate surface area is 232 Å². The van der Waals surface area contributed by atoms with E-state index in [0.29, 0.717) is 36.0 Å². The molecule has 0 unspecified atom stereocenters. The van der Waals surface area contributed by atoms with Gasteiger partial charge in [-0.25, -0.2) is 0 Å². The Hall–Kier alpha value is -3.42. The van der Waals surface area contributed by atoms with E-state index in [1.54, 1.807) is 26.2 Å². The zero-order chi connectivity index (χ0) is 27.9. The van der Waals surface area contributed by atoms with Gasteiger partial charge in [0.05, 0.1) is 27.4 Å². The van der Waals surface area contributed by atoms with Gasteiger partial charge in [-0.1, -0.05) is 37.8 Å². The fraction of sp³-hybridized carbons (Fsp3) is 0.548. The maximum Gasteiger partial charge on any atom is 0.250 e. The molecule has 8 heteroatoms. The van der Waals surface area contributed by atoms with Crippen LogP contribution in [0.25, 0.3) is 0 Å². The molecule has 212 valence electrons. The first kappa shape index (κ1) is 28.6. The molecule has 0 spiro atoms. The number of carbonyl (C=O) groups excluding carboxylic acids is 2. The third-order valence-electron chi connectivity index (χ3n) is 7.68. The van der Waals surface area contributed by atoms with E-state index in [1.807, 2.05) is 55.1 Å². The predicted octanol–water partition coefficient (Wildman–Crippen LogP) is 5.18. The van der Waals surface area contributed by atoms with Gasteiger partial charge in [0.15, 0.2) is 23.0 Å². The fourth-order valence-electron chi connectivity index (χ4n) is 5.69. The molecule has 1 atom stereocenters. The van der Waals surface area contributed by atoms with Gasteiger partial charge in [-0.2, -0.15) is 0 Å². The van der Waals surface area contributed by atoms with Crippen LogP contribution in [0, 0.1) is 0 Å². The first-order valence-electron chi connectivity index (χ1n) is 14.0. The number of benzene rings is 2. The molecule has 2 amide bonds. The van der Waals surface area contributed by atoms with Gasteiger partial charge in [-0.15, -0.1) is 0 Å². The molecule has 1 heterocycles. The van der Waals surface area contributed by atoms with E-state index in [9.17, 15) is 9.59 Å². The topological polar surface area (TPSA) is 77.5 Å². The normalized spacial score (nSPS) is 18.8. The average Bonchev–Trinajstić information content (AvgIpc) is 3.22. The lowest BCUT2D eigenvalue weighted by molar-refractivity contribution is -0.158. The Morgan fingerprint density at radius 2 is 1.46 bits per heavy atom. The van der Waals surface area contributed by atoms with Gasteiger partial charge in [0.25, 0.3) is 5.91 Å². The van der Waals surface area contributed by atoms with E-state index < -0.39 is 6.04 Å². The van der Waals surface area contributed by atoms with Crippen LogP contribution in [0.5, 0.6) is 23.0 Å². The van der Waals surface area contributed by atoms with Crippen LogP contribution >= 0.6 is 0 Å². The fourth-order valence-corrected chi connectivity index (χ4v) is 5.69. The number of methoxy groups -OCH3 is 3. The Kier molecular flexibility index (Phi) is 9.59. The molecule has 0 radical (unpaired) electrons. The number of amides is 2. The minimum atomic E-state index is -0.725. The highest BCUT2D eigenvalue weighted by Gasteiger charge is 2.43. The summed E-state index contributed by atoms with van der Waals surface area (Å²) < 4.78 is 22.4. The number of ether oxygens (including phenoxy) is 4. The summed E-state index contributed by atoms with van der Waals surface area (Å²) >= 11 is 0. The monoisotopic (exact) mass is 538 g/mol. The highest BCUT2D eigenvalue weighted by atomic mass is 16.5. The second kappa shape index (κ2) is 13.1. The molecule has 1 aliphatic heterocycles. The minimum absolute atomic E-state index is 0.0200. The molecule has 2 fully saturated rings. The zero-order valence-corrected chi connectivity index (χ0v) is 23.9. The van der Waals surface area contributed by atoms with Gasteiger partial charge in [0.2, 0.25) is 5.91 Å². The van der Waals surface area contributed by atoms with Gasteiger partial charge < -0.3 is 28.7 Å². The van der Waals surface area contributed by atoms with E-state index in [-0.39, 0.29) is 30.5 Å². The van der Waals surface area contributed by atoms with Crippen LogP contribution in [0.15, 0.2) is 36.4 Å². The molecule has 39 heavy (non-hydrogen) atoms. The maximum atomic E-state index is 14.2. The quantitative estimate of drug-likeness (QED) is 0.388. The van der Waals surface area contributed by atoms with Crippen molar-refractivity contribution in [1.29, 1.82) is 0 Å². The highest BCUT2D eigenvalue weighted by Crippen LogP contribution is 2.37. The smallest absolute Gasteiger partial charge is 0.250 e. The standard InChI is InChI=1S/C31H42N2O6/c1-21(2)39-26-15-13-23(19-28(26)38-5)30-31(35)33(24-10-8-6-7-9-11-24)20-29(34)32(30)17-16-22-12-14-25(36-3)27(18-22)37-4/h12-15,18-19,21,24,30H,6-11,16-17,20H2,1-5H3/t30-/m1/s1. The van der Waals surface area contributed by atoms with Crippen molar-refractivity contribution in [3.63, 3.8) is 0 Å². The Morgan fingerprint density at radius 3 is 2.10 bits per heavy atom. The van der Waals surface area contributed by atoms with E-state index >= 15 is 0 Å². The van der Waals surface area contributed by atoms with Crippen molar-refractivity contribution in [1.82, 2.24) is 9.80 Å². The number of nitrogens with zero attached hydrogens (tertiary/aromatic N) is 2. The first-order chi connectivity index (χ1) is 18.9. The Morgan fingerprint density at radius 1 is 0.821 bits per heavy atom. The molecule has 4 rings (SSSR count).